The van der Waals surface area contributed by atoms with Gasteiger partial charge in [0.25, 0.3) is 0 Å². The average Bonchev–Trinajstić information content (AvgIpc) is 3.60. The topological polar surface area (TPSA) is 15.3 Å². The summed E-state index contributed by atoms with van der Waals surface area (Å²) >= 11 is 0. The summed E-state index contributed by atoms with van der Waals surface area (Å²) in [6.45, 7) is 17.0. The summed E-state index contributed by atoms with van der Waals surface area (Å²) in [6, 6.07) is 72.1. The van der Waals surface area contributed by atoms with Crippen LogP contribution in [0.1, 0.15) is 82.2 Å². The number of fused-ring (bicyclic) bond motifs is 7. The number of anilines is 5. The van der Waals surface area contributed by atoms with E-state index in [2.05, 4.69) is 260 Å². The maximum atomic E-state index is 4.03. The number of aryl methyl sites for hydroxylation is 1. The fraction of sp³-hybridized carbons (Fsp3) is 0.182. The Kier molecular flexibility index (Phi) is 10.0. The van der Waals surface area contributed by atoms with Gasteiger partial charge in [0.15, 0.2) is 7.28 Å². The van der Waals surface area contributed by atoms with Crippen molar-refractivity contribution in [3.05, 3.63) is 222 Å². The van der Waals surface area contributed by atoms with Crippen LogP contribution in [0.25, 0.3) is 55.6 Å². The Bertz CT molecular complexity index is 3470. The summed E-state index contributed by atoms with van der Waals surface area (Å²) in [5.74, 6) is 0. The van der Waals surface area contributed by atoms with Crippen molar-refractivity contribution in [3.63, 3.8) is 0 Å². The lowest BCUT2D eigenvalue weighted by molar-refractivity contribution is 0.332. The van der Waals surface area contributed by atoms with Crippen molar-refractivity contribution in [3.8, 4) is 55.6 Å². The molecule has 2 nitrogen and oxygen atoms in total. The molecule has 9 aromatic carbocycles. The number of hydrogen-bond acceptors (Lipinski definition) is 2. The highest BCUT2D eigenvalue weighted by Gasteiger charge is 2.43. The second-order valence-electron chi connectivity index (χ2n) is 21.5. The molecule has 0 fully saturated rings. The van der Waals surface area contributed by atoms with E-state index in [1.165, 1.54) is 112 Å². The van der Waals surface area contributed by atoms with E-state index in [0.717, 1.165) is 23.4 Å². The fourth-order valence-electron chi connectivity index (χ4n) is 11.9. The van der Waals surface area contributed by atoms with Crippen LogP contribution in [-0.2, 0) is 16.2 Å². The van der Waals surface area contributed by atoms with E-state index < -0.39 is 0 Å². The van der Waals surface area contributed by atoms with Gasteiger partial charge in [0.05, 0.1) is 0 Å². The third-order valence-electron chi connectivity index (χ3n) is 15.9. The maximum Gasteiger partial charge on any atom is 0.197 e. The highest BCUT2D eigenvalue weighted by Crippen LogP contribution is 2.57. The highest BCUT2D eigenvalue weighted by atomic mass is 15.2. The Hall–Kier alpha value is -7.36. The lowest BCUT2D eigenvalue weighted by Crippen LogP contribution is -2.42. The standard InChI is InChI=1S/C66H58BN2/c1-42-36-54-55(65(4,5)35-34-64(54,2)3)41-60(42)69-59-33-31-47(44-22-13-9-14-23-44)38-57(59)67-62-52(40-56-61(63(62)69)51-28-17-18-29-53(51)66(56,6)7)50-32-30-48(45-24-15-10-16-25-45)39-58(50)68-49-27-19-26-46(37-49)43-20-11-8-12-21-43/h8-33,36-41,68H,34-35H2,1-7H3. The molecule has 0 atom stereocenters. The zero-order chi connectivity index (χ0) is 47.2. The normalized spacial score (nSPS) is 15.5. The Morgan fingerprint density at radius 2 is 1.00 bits per heavy atom. The summed E-state index contributed by atoms with van der Waals surface area (Å²) in [4.78, 5) is 2.67. The van der Waals surface area contributed by atoms with Gasteiger partial charge in [-0.05, 0) is 145 Å². The molecule has 0 saturated heterocycles. The molecule has 335 valence electrons. The lowest BCUT2D eigenvalue weighted by Gasteiger charge is -2.44. The quantitative estimate of drug-likeness (QED) is 0.160. The molecule has 1 aliphatic heterocycles. The first kappa shape index (κ1) is 43.0. The molecule has 0 unspecified atom stereocenters. The SMILES string of the molecule is Cc1cc2c(cc1N1c3ccc(-c4ccccc4)cc3[B]c3c(-c4ccc(-c5ccccc5)cc4Nc4cccc(-c5ccccc5)c4)cc4c(c31)-c1ccccc1C4(C)C)C(C)(C)CCC2(C)C. The van der Waals surface area contributed by atoms with Gasteiger partial charge in [-0.15, -0.1) is 0 Å². The van der Waals surface area contributed by atoms with Crippen molar-refractivity contribution in [2.24, 2.45) is 0 Å². The van der Waals surface area contributed by atoms with E-state index in [-0.39, 0.29) is 16.2 Å². The molecule has 3 heteroatoms. The van der Waals surface area contributed by atoms with Crippen LogP contribution >= 0.6 is 0 Å². The monoisotopic (exact) mass is 889 g/mol. The third kappa shape index (κ3) is 7.16. The molecule has 69 heavy (non-hydrogen) atoms. The largest absolute Gasteiger partial charge is 0.355 e. The summed E-state index contributed by atoms with van der Waals surface area (Å²) in [6.07, 6.45) is 2.33. The van der Waals surface area contributed by atoms with Crippen LogP contribution in [0, 0.1) is 6.92 Å². The van der Waals surface area contributed by atoms with Crippen molar-refractivity contribution >= 4 is 46.6 Å². The molecule has 9 aromatic rings. The summed E-state index contributed by atoms with van der Waals surface area (Å²) in [5.41, 5.74) is 27.3. The molecule has 12 rings (SSSR count). The minimum absolute atomic E-state index is 0.0370. The Labute approximate surface area is 410 Å². The molecule has 0 bridgehead atoms. The molecule has 0 saturated carbocycles. The van der Waals surface area contributed by atoms with Gasteiger partial charge < -0.3 is 10.2 Å². The molecule has 1 N–H and O–H groups in total. The maximum absolute atomic E-state index is 4.03. The zero-order valence-corrected chi connectivity index (χ0v) is 40.9. The van der Waals surface area contributed by atoms with E-state index >= 15 is 0 Å². The second-order valence-corrected chi connectivity index (χ2v) is 21.5. The molecule has 0 amide bonds. The molecule has 0 spiro atoms. The third-order valence-corrected chi connectivity index (χ3v) is 15.9. The van der Waals surface area contributed by atoms with Gasteiger partial charge in [0.1, 0.15) is 0 Å². The number of benzene rings is 9. The van der Waals surface area contributed by atoms with Crippen molar-refractivity contribution in [1.82, 2.24) is 0 Å². The van der Waals surface area contributed by atoms with Crippen LogP contribution in [0.4, 0.5) is 28.4 Å². The van der Waals surface area contributed by atoms with E-state index in [1.54, 1.807) is 0 Å². The second kappa shape index (κ2) is 16.1. The Balaban J connectivity index is 1.16. The van der Waals surface area contributed by atoms with Gasteiger partial charge in [-0.1, -0.05) is 205 Å². The molecule has 2 aliphatic carbocycles. The predicted octanol–water partition coefficient (Wildman–Crippen LogP) is 16.5. The molecular formula is C66H58BN2. The smallest absolute Gasteiger partial charge is 0.197 e. The lowest BCUT2D eigenvalue weighted by atomic mass is 9.56. The van der Waals surface area contributed by atoms with Crippen LogP contribution in [0.2, 0.25) is 0 Å². The number of nitrogens with zero attached hydrogens (tertiary/aromatic N) is 1. The van der Waals surface area contributed by atoms with Gasteiger partial charge in [-0.25, -0.2) is 0 Å². The first-order valence-corrected chi connectivity index (χ1v) is 24.8. The number of rotatable bonds is 7. The Morgan fingerprint density at radius 3 is 1.67 bits per heavy atom. The average molecular weight is 890 g/mol. The molecule has 3 aliphatic rings. The van der Waals surface area contributed by atoms with E-state index in [0.29, 0.717) is 0 Å². The highest BCUT2D eigenvalue weighted by molar-refractivity contribution is 6.73. The first-order valence-electron chi connectivity index (χ1n) is 24.8. The summed E-state index contributed by atoms with van der Waals surface area (Å²) in [5, 5.41) is 4.03. The van der Waals surface area contributed by atoms with Gasteiger partial charge in [0, 0.05) is 45.0 Å². The fourth-order valence-corrected chi connectivity index (χ4v) is 11.9. The van der Waals surface area contributed by atoms with Crippen molar-refractivity contribution in [2.75, 3.05) is 10.2 Å². The van der Waals surface area contributed by atoms with Crippen molar-refractivity contribution in [2.45, 2.75) is 77.6 Å². The molecular weight excluding hydrogens is 832 g/mol. The predicted molar refractivity (Wildman–Crippen MR) is 295 cm³/mol. The number of nitrogens with one attached hydrogen (secondary N) is 1. The van der Waals surface area contributed by atoms with Crippen LogP contribution in [0.3, 0.4) is 0 Å². The molecule has 0 aromatic heterocycles. The number of hydrogen-bond donors (Lipinski definition) is 1. The van der Waals surface area contributed by atoms with Gasteiger partial charge in [0.2, 0.25) is 0 Å². The minimum Gasteiger partial charge on any atom is -0.355 e. The van der Waals surface area contributed by atoms with Gasteiger partial charge in [-0.3, -0.25) is 0 Å². The van der Waals surface area contributed by atoms with Crippen LogP contribution in [0.5, 0.6) is 0 Å². The van der Waals surface area contributed by atoms with Gasteiger partial charge in [-0.2, -0.15) is 0 Å². The minimum atomic E-state index is -0.253. The molecule has 1 radical (unpaired) electrons. The van der Waals surface area contributed by atoms with E-state index in [4.69, 9.17) is 0 Å². The van der Waals surface area contributed by atoms with Gasteiger partial charge >= 0.3 is 0 Å². The first-order chi connectivity index (χ1) is 33.4. The molecule has 1 heterocycles. The van der Waals surface area contributed by atoms with Crippen molar-refractivity contribution < 1.29 is 0 Å². The summed E-state index contributed by atoms with van der Waals surface area (Å²) < 4.78 is 0. The van der Waals surface area contributed by atoms with E-state index in [1.807, 2.05) is 0 Å². The van der Waals surface area contributed by atoms with Crippen molar-refractivity contribution in [1.29, 1.82) is 0 Å². The van der Waals surface area contributed by atoms with Crippen LogP contribution in [-0.4, -0.2) is 7.28 Å². The zero-order valence-electron chi connectivity index (χ0n) is 40.9. The van der Waals surface area contributed by atoms with E-state index in [9.17, 15) is 0 Å². The van der Waals surface area contributed by atoms with Crippen LogP contribution < -0.4 is 21.1 Å². The Morgan fingerprint density at radius 1 is 0.435 bits per heavy atom. The van der Waals surface area contributed by atoms with Crippen LogP contribution in [0.15, 0.2) is 194 Å². The summed E-state index contributed by atoms with van der Waals surface area (Å²) in [7, 11) is 2.50.